The molecule has 4 nitrogen and oxygen atoms in total. The number of rotatable bonds is 4. The lowest BCUT2D eigenvalue weighted by Gasteiger charge is -2.21. The topological polar surface area (TPSA) is 48.5 Å². The van der Waals surface area contributed by atoms with Crippen LogP contribution < -0.4 is 16.0 Å². The van der Waals surface area contributed by atoms with Gasteiger partial charge in [-0.3, -0.25) is 4.99 Å². The number of nitrogens with zero attached hydrogens (tertiary/aromatic N) is 1. The van der Waals surface area contributed by atoms with E-state index in [0.717, 1.165) is 25.0 Å². The first-order valence-corrected chi connectivity index (χ1v) is 6.14. The fourth-order valence-electron chi connectivity index (χ4n) is 1.51. The van der Waals surface area contributed by atoms with Gasteiger partial charge in [0.1, 0.15) is 0 Å². The van der Waals surface area contributed by atoms with Crippen LogP contribution >= 0.6 is 24.0 Å². The van der Waals surface area contributed by atoms with E-state index >= 15 is 0 Å². The van der Waals surface area contributed by atoms with Crippen molar-refractivity contribution in [1.29, 1.82) is 0 Å². The van der Waals surface area contributed by atoms with Crippen molar-refractivity contribution in [2.24, 2.45) is 10.9 Å². The molecule has 1 saturated carbocycles. The summed E-state index contributed by atoms with van der Waals surface area (Å²) in [5.41, 5.74) is 0.184. The van der Waals surface area contributed by atoms with E-state index in [2.05, 4.69) is 48.6 Å². The van der Waals surface area contributed by atoms with Gasteiger partial charge in [-0.2, -0.15) is 0 Å². The molecule has 0 aromatic heterocycles. The van der Waals surface area contributed by atoms with Crippen LogP contribution in [0.3, 0.4) is 0 Å². The Kier molecular flexibility index (Phi) is 7.39. The molecule has 2 unspecified atom stereocenters. The summed E-state index contributed by atoms with van der Waals surface area (Å²) in [6.45, 7) is 10.6. The van der Waals surface area contributed by atoms with Crippen LogP contribution in [-0.2, 0) is 0 Å². The van der Waals surface area contributed by atoms with Gasteiger partial charge in [0.2, 0.25) is 0 Å². The molecule has 1 aliphatic rings. The van der Waals surface area contributed by atoms with Gasteiger partial charge in [-0.15, -0.1) is 24.0 Å². The lowest BCUT2D eigenvalue weighted by Crippen LogP contribution is -2.45. The molecule has 0 heterocycles. The maximum Gasteiger partial charge on any atom is 0.191 e. The van der Waals surface area contributed by atoms with E-state index in [9.17, 15) is 0 Å². The summed E-state index contributed by atoms with van der Waals surface area (Å²) < 4.78 is 0. The Morgan fingerprint density at radius 3 is 2.29 bits per heavy atom. The maximum atomic E-state index is 4.20. The largest absolute Gasteiger partial charge is 0.355 e. The summed E-state index contributed by atoms with van der Waals surface area (Å²) in [6, 6.07) is 0.627. The Hall–Kier alpha value is -0.0400. The van der Waals surface area contributed by atoms with Gasteiger partial charge < -0.3 is 16.0 Å². The third kappa shape index (κ3) is 7.81. The van der Waals surface area contributed by atoms with Crippen LogP contribution in [0, 0.1) is 5.92 Å². The number of hydrogen-bond donors (Lipinski definition) is 3. The Labute approximate surface area is 122 Å². The quantitative estimate of drug-likeness (QED) is 0.311. The van der Waals surface area contributed by atoms with Crippen molar-refractivity contribution in [3.05, 3.63) is 0 Å². The number of nitrogens with one attached hydrogen (secondary N) is 3. The molecule has 0 radical (unpaired) electrons. The van der Waals surface area contributed by atoms with Crippen LogP contribution in [0.2, 0.25) is 0 Å². The first kappa shape index (κ1) is 17.0. The summed E-state index contributed by atoms with van der Waals surface area (Å²) in [7, 11) is 1.82. The molecule has 0 spiro atoms. The SMILES string of the molecule is CN=C(NCCNC(C)(C)C)NC1CC1C.I. The average molecular weight is 354 g/mol. The Morgan fingerprint density at radius 1 is 1.29 bits per heavy atom. The fourth-order valence-corrected chi connectivity index (χ4v) is 1.51. The molecule has 1 aliphatic carbocycles. The first-order chi connectivity index (χ1) is 7.42. The maximum absolute atomic E-state index is 4.20. The number of aliphatic imine (C=N–C) groups is 1. The van der Waals surface area contributed by atoms with Gasteiger partial charge in [-0.05, 0) is 33.1 Å². The summed E-state index contributed by atoms with van der Waals surface area (Å²) in [5, 5.41) is 10.1. The molecule has 1 fully saturated rings. The van der Waals surface area contributed by atoms with Crippen molar-refractivity contribution >= 4 is 29.9 Å². The first-order valence-electron chi connectivity index (χ1n) is 6.14. The Bertz CT molecular complexity index is 247. The molecule has 5 heteroatoms. The van der Waals surface area contributed by atoms with Gasteiger partial charge in [-0.1, -0.05) is 6.92 Å². The van der Waals surface area contributed by atoms with Gasteiger partial charge in [0.15, 0.2) is 5.96 Å². The van der Waals surface area contributed by atoms with Crippen molar-refractivity contribution in [2.75, 3.05) is 20.1 Å². The second-order valence-corrected chi connectivity index (χ2v) is 5.64. The van der Waals surface area contributed by atoms with E-state index in [0.29, 0.717) is 6.04 Å². The van der Waals surface area contributed by atoms with Crippen LogP contribution in [0.25, 0.3) is 0 Å². The van der Waals surface area contributed by atoms with Crippen molar-refractivity contribution in [2.45, 2.75) is 45.7 Å². The van der Waals surface area contributed by atoms with E-state index in [4.69, 9.17) is 0 Å². The predicted molar refractivity (Wildman–Crippen MR) is 85.2 cm³/mol. The zero-order chi connectivity index (χ0) is 12.2. The van der Waals surface area contributed by atoms with Gasteiger partial charge in [0.05, 0.1) is 0 Å². The van der Waals surface area contributed by atoms with E-state index in [1.165, 1.54) is 6.42 Å². The molecule has 0 aliphatic heterocycles. The minimum Gasteiger partial charge on any atom is -0.355 e. The van der Waals surface area contributed by atoms with E-state index < -0.39 is 0 Å². The third-order valence-electron chi connectivity index (χ3n) is 2.73. The standard InChI is InChI=1S/C12H26N4.HI/c1-9-8-10(9)16-11(13-5)14-6-7-15-12(2,3)4;/h9-10,15H,6-8H2,1-5H3,(H2,13,14,16);1H. The zero-order valence-electron chi connectivity index (χ0n) is 11.6. The van der Waals surface area contributed by atoms with Gasteiger partial charge in [-0.25, -0.2) is 0 Å². The fraction of sp³-hybridized carbons (Fsp3) is 0.917. The van der Waals surface area contributed by atoms with Gasteiger partial charge in [0.25, 0.3) is 0 Å². The van der Waals surface area contributed by atoms with Crippen molar-refractivity contribution < 1.29 is 0 Å². The highest BCUT2D eigenvalue weighted by Crippen LogP contribution is 2.28. The molecule has 1 rings (SSSR count). The lowest BCUT2D eigenvalue weighted by molar-refractivity contribution is 0.428. The van der Waals surface area contributed by atoms with Crippen LogP contribution in [0.1, 0.15) is 34.1 Å². The highest BCUT2D eigenvalue weighted by Gasteiger charge is 2.33. The smallest absolute Gasteiger partial charge is 0.191 e. The Morgan fingerprint density at radius 2 is 1.88 bits per heavy atom. The van der Waals surface area contributed by atoms with Crippen molar-refractivity contribution in [1.82, 2.24) is 16.0 Å². The van der Waals surface area contributed by atoms with Crippen LogP contribution in [0.5, 0.6) is 0 Å². The van der Waals surface area contributed by atoms with Crippen molar-refractivity contribution in [3.63, 3.8) is 0 Å². The summed E-state index contributed by atoms with van der Waals surface area (Å²) >= 11 is 0. The second kappa shape index (κ2) is 7.41. The number of guanidine groups is 1. The monoisotopic (exact) mass is 354 g/mol. The van der Waals surface area contributed by atoms with Crippen LogP contribution in [-0.4, -0.2) is 37.7 Å². The average Bonchev–Trinajstić information content (AvgIpc) is 2.85. The highest BCUT2D eigenvalue weighted by molar-refractivity contribution is 14.0. The highest BCUT2D eigenvalue weighted by atomic mass is 127. The molecule has 3 N–H and O–H groups in total. The zero-order valence-corrected chi connectivity index (χ0v) is 14.0. The molecule has 0 saturated heterocycles. The molecule has 0 bridgehead atoms. The summed E-state index contributed by atoms with van der Waals surface area (Å²) in [6.07, 6.45) is 1.26. The molecule has 0 aromatic carbocycles. The molecular formula is C12H27IN4. The molecule has 0 amide bonds. The van der Waals surface area contributed by atoms with E-state index in [1.807, 2.05) is 7.05 Å². The molecule has 2 atom stereocenters. The molecular weight excluding hydrogens is 327 g/mol. The number of hydrogen-bond acceptors (Lipinski definition) is 2. The van der Waals surface area contributed by atoms with Crippen LogP contribution in [0.4, 0.5) is 0 Å². The minimum atomic E-state index is 0. The lowest BCUT2D eigenvalue weighted by atomic mass is 10.1. The van der Waals surface area contributed by atoms with Crippen LogP contribution in [0.15, 0.2) is 4.99 Å². The van der Waals surface area contributed by atoms with E-state index in [-0.39, 0.29) is 29.5 Å². The minimum absolute atomic E-state index is 0. The molecule has 17 heavy (non-hydrogen) atoms. The summed E-state index contributed by atoms with van der Waals surface area (Å²) in [5.74, 6) is 1.72. The Balaban J connectivity index is 0.00000256. The molecule has 0 aromatic rings. The van der Waals surface area contributed by atoms with Gasteiger partial charge >= 0.3 is 0 Å². The normalized spacial score (nSPS) is 23.9. The third-order valence-corrected chi connectivity index (χ3v) is 2.73. The number of halogens is 1. The van der Waals surface area contributed by atoms with Crippen molar-refractivity contribution in [3.8, 4) is 0 Å². The van der Waals surface area contributed by atoms with Gasteiger partial charge in [0, 0.05) is 31.7 Å². The summed E-state index contributed by atoms with van der Waals surface area (Å²) in [4.78, 5) is 4.20. The predicted octanol–water partition coefficient (Wildman–Crippen LogP) is 1.57. The van der Waals surface area contributed by atoms with E-state index in [1.54, 1.807) is 0 Å². The second-order valence-electron chi connectivity index (χ2n) is 5.64. The molecule has 102 valence electrons.